The smallest absolute Gasteiger partial charge is 0.225 e. The molecule has 4 heteroatoms. The molecule has 1 heterocycles. The van der Waals surface area contributed by atoms with Crippen molar-refractivity contribution in [3.63, 3.8) is 0 Å². The van der Waals surface area contributed by atoms with E-state index in [2.05, 4.69) is 5.32 Å². The van der Waals surface area contributed by atoms with Crippen molar-refractivity contribution >= 4 is 5.91 Å². The van der Waals surface area contributed by atoms with Crippen molar-refractivity contribution in [2.75, 3.05) is 19.8 Å². The lowest BCUT2D eigenvalue weighted by atomic mass is 9.78. The summed E-state index contributed by atoms with van der Waals surface area (Å²) in [5.74, 6) is 0.653. The monoisotopic (exact) mass is 269 g/mol. The molecule has 0 bridgehead atoms. The fraction of sp³-hybridized carbons (Fsp3) is 0.933. The Kier molecular flexibility index (Phi) is 4.51. The summed E-state index contributed by atoms with van der Waals surface area (Å²) in [4.78, 5) is 12.3. The molecule has 1 aliphatic carbocycles. The van der Waals surface area contributed by atoms with Crippen molar-refractivity contribution in [2.45, 2.75) is 58.0 Å². The first-order valence-electron chi connectivity index (χ1n) is 7.50. The predicted octanol–water partition coefficient (Wildman–Crippen LogP) is 1.86. The van der Waals surface area contributed by atoms with Crippen LogP contribution in [0.4, 0.5) is 0 Å². The van der Waals surface area contributed by atoms with E-state index < -0.39 is 5.60 Å². The van der Waals surface area contributed by atoms with Crippen LogP contribution in [-0.4, -0.2) is 36.4 Å². The Morgan fingerprint density at radius 2 is 2.00 bits per heavy atom. The van der Waals surface area contributed by atoms with Crippen molar-refractivity contribution in [1.82, 2.24) is 5.32 Å². The maximum atomic E-state index is 12.3. The van der Waals surface area contributed by atoms with Gasteiger partial charge in [-0.1, -0.05) is 13.8 Å². The Morgan fingerprint density at radius 1 is 1.37 bits per heavy atom. The fourth-order valence-electron chi connectivity index (χ4n) is 3.01. The molecule has 19 heavy (non-hydrogen) atoms. The summed E-state index contributed by atoms with van der Waals surface area (Å²) in [7, 11) is 0. The lowest BCUT2D eigenvalue weighted by Crippen LogP contribution is -2.50. The molecule has 4 nitrogen and oxygen atoms in total. The molecule has 1 saturated carbocycles. The van der Waals surface area contributed by atoms with Crippen molar-refractivity contribution < 1.29 is 14.6 Å². The van der Waals surface area contributed by atoms with E-state index in [0.29, 0.717) is 12.5 Å². The highest BCUT2D eigenvalue weighted by Gasteiger charge is 2.37. The Labute approximate surface area is 115 Å². The molecule has 0 aromatic carbocycles. The zero-order valence-corrected chi connectivity index (χ0v) is 12.2. The molecule has 1 amide bonds. The highest BCUT2D eigenvalue weighted by atomic mass is 16.5. The number of carbonyl (C=O) groups excluding carboxylic acids is 1. The molecular formula is C15H27NO3. The van der Waals surface area contributed by atoms with Gasteiger partial charge in [0.15, 0.2) is 0 Å². The molecule has 2 fully saturated rings. The van der Waals surface area contributed by atoms with Crippen LogP contribution in [0.2, 0.25) is 0 Å². The molecule has 2 N–H and O–H groups in total. The summed E-state index contributed by atoms with van der Waals surface area (Å²) in [5.41, 5.74) is -0.994. The molecule has 0 aromatic rings. The molecule has 0 aromatic heterocycles. The van der Waals surface area contributed by atoms with Crippen molar-refractivity contribution in [1.29, 1.82) is 0 Å². The summed E-state index contributed by atoms with van der Waals surface area (Å²) in [6, 6.07) is 0. The minimum atomic E-state index is -0.635. The van der Waals surface area contributed by atoms with Gasteiger partial charge in [-0.2, -0.15) is 0 Å². The van der Waals surface area contributed by atoms with Gasteiger partial charge in [-0.25, -0.2) is 0 Å². The summed E-state index contributed by atoms with van der Waals surface area (Å²) in [5, 5.41) is 12.9. The van der Waals surface area contributed by atoms with Crippen LogP contribution in [0.5, 0.6) is 0 Å². The molecule has 1 aliphatic heterocycles. The Hall–Kier alpha value is -0.610. The molecule has 1 saturated heterocycles. The zero-order valence-electron chi connectivity index (χ0n) is 12.2. The second kappa shape index (κ2) is 5.80. The number of hydrogen-bond donors (Lipinski definition) is 2. The minimum absolute atomic E-state index is 0.0688. The van der Waals surface area contributed by atoms with Gasteiger partial charge in [0.25, 0.3) is 0 Å². The summed E-state index contributed by atoms with van der Waals surface area (Å²) >= 11 is 0. The van der Waals surface area contributed by atoms with Gasteiger partial charge in [0.1, 0.15) is 0 Å². The quantitative estimate of drug-likeness (QED) is 0.801. The third-order valence-corrected chi connectivity index (χ3v) is 4.62. The molecule has 2 aliphatic rings. The first kappa shape index (κ1) is 14.8. The normalized spacial score (nSPS) is 23.7. The van der Waals surface area contributed by atoms with Gasteiger partial charge in [0.05, 0.1) is 5.60 Å². The molecule has 0 atom stereocenters. The van der Waals surface area contributed by atoms with Crippen LogP contribution in [0.15, 0.2) is 0 Å². The Morgan fingerprint density at radius 3 is 2.53 bits per heavy atom. The van der Waals surface area contributed by atoms with Crippen LogP contribution in [-0.2, 0) is 9.53 Å². The molecule has 0 radical (unpaired) electrons. The van der Waals surface area contributed by atoms with Gasteiger partial charge in [0.2, 0.25) is 5.91 Å². The Bertz CT molecular complexity index is 317. The van der Waals surface area contributed by atoms with Crippen LogP contribution in [0, 0.1) is 11.3 Å². The van der Waals surface area contributed by atoms with Gasteiger partial charge in [0, 0.05) is 25.2 Å². The minimum Gasteiger partial charge on any atom is -0.388 e. The first-order chi connectivity index (χ1) is 8.91. The Balaban J connectivity index is 1.78. The van der Waals surface area contributed by atoms with Crippen LogP contribution in [0.3, 0.4) is 0 Å². The molecule has 2 rings (SSSR count). The maximum absolute atomic E-state index is 12.3. The topological polar surface area (TPSA) is 58.6 Å². The highest BCUT2D eigenvalue weighted by molar-refractivity contribution is 5.81. The van der Waals surface area contributed by atoms with Crippen molar-refractivity contribution in [3.8, 4) is 0 Å². The number of nitrogens with one attached hydrogen (secondary N) is 1. The van der Waals surface area contributed by atoms with Gasteiger partial charge in [-0.05, 0) is 44.4 Å². The second-order valence-corrected chi connectivity index (χ2v) is 6.90. The van der Waals surface area contributed by atoms with E-state index in [1.165, 1.54) is 0 Å². The van der Waals surface area contributed by atoms with E-state index in [9.17, 15) is 9.90 Å². The third-order valence-electron chi connectivity index (χ3n) is 4.62. The van der Waals surface area contributed by atoms with Gasteiger partial charge >= 0.3 is 0 Å². The van der Waals surface area contributed by atoms with Crippen LogP contribution < -0.4 is 5.32 Å². The van der Waals surface area contributed by atoms with Gasteiger partial charge in [-0.3, -0.25) is 4.79 Å². The maximum Gasteiger partial charge on any atom is 0.225 e. The average Bonchev–Trinajstić information content (AvgIpc) is 2.34. The van der Waals surface area contributed by atoms with Crippen molar-refractivity contribution in [3.05, 3.63) is 0 Å². The van der Waals surface area contributed by atoms with Crippen molar-refractivity contribution in [2.24, 2.45) is 11.3 Å². The lowest BCUT2D eigenvalue weighted by molar-refractivity contribution is -0.133. The number of amides is 1. The van der Waals surface area contributed by atoms with E-state index in [-0.39, 0.29) is 11.3 Å². The van der Waals surface area contributed by atoms with E-state index in [4.69, 9.17) is 4.74 Å². The largest absolute Gasteiger partial charge is 0.388 e. The zero-order chi connectivity index (χ0) is 13.9. The van der Waals surface area contributed by atoms with Crippen LogP contribution >= 0.6 is 0 Å². The second-order valence-electron chi connectivity index (χ2n) is 6.90. The van der Waals surface area contributed by atoms with E-state index >= 15 is 0 Å². The summed E-state index contributed by atoms with van der Waals surface area (Å²) < 4.78 is 5.36. The number of carbonyl (C=O) groups is 1. The van der Waals surface area contributed by atoms with Crippen LogP contribution in [0.25, 0.3) is 0 Å². The fourth-order valence-corrected chi connectivity index (χ4v) is 3.01. The standard InChI is InChI=1S/C15H27NO3/c1-14(2,10-12-4-8-19-9-5-12)13(17)16-11-15(18)6-3-7-15/h12,18H,3-11H2,1-2H3,(H,16,17). The van der Waals surface area contributed by atoms with Gasteiger partial charge in [-0.15, -0.1) is 0 Å². The summed E-state index contributed by atoms with van der Waals surface area (Å²) in [6.07, 6.45) is 5.71. The molecule has 0 unspecified atom stereocenters. The molecule has 110 valence electrons. The molecular weight excluding hydrogens is 242 g/mol. The van der Waals surface area contributed by atoms with E-state index in [1.54, 1.807) is 0 Å². The molecule has 0 spiro atoms. The van der Waals surface area contributed by atoms with Crippen LogP contribution in [0.1, 0.15) is 52.4 Å². The third kappa shape index (κ3) is 3.93. The van der Waals surface area contributed by atoms with Gasteiger partial charge < -0.3 is 15.2 Å². The highest BCUT2D eigenvalue weighted by Crippen LogP contribution is 2.33. The predicted molar refractivity (Wildman–Crippen MR) is 73.8 cm³/mol. The van der Waals surface area contributed by atoms with E-state index in [1.807, 2.05) is 13.8 Å². The number of rotatable bonds is 5. The number of ether oxygens (including phenoxy) is 1. The first-order valence-corrected chi connectivity index (χ1v) is 7.50. The van der Waals surface area contributed by atoms with E-state index in [0.717, 1.165) is 51.7 Å². The average molecular weight is 269 g/mol. The number of aliphatic hydroxyl groups is 1. The summed E-state index contributed by atoms with van der Waals surface area (Å²) in [6.45, 7) is 6.05. The number of hydrogen-bond acceptors (Lipinski definition) is 3. The lowest BCUT2D eigenvalue weighted by Gasteiger charge is -2.38. The SMILES string of the molecule is CC(C)(CC1CCOCC1)C(=O)NCC1(O)CCC1.